The normalized spacial score (nSPS) is 18.6. The van der Waals surface area contributed by atoms with Crippen LogP contribution in [-0.2, 0) is 27.6 Å². The minimum Gasteiger partial charge on any atom is -0.493 e. The molecule has 0 aromatic heterocycles. The van der Waals surface area contributed by atoms with Gasteiger partial charge in [0.05, 0.1) is 24.5 Å². The predicted molar refractivity (Wildman–Crippen MR) is 96.7 cm³/mol. The van der Waals surface area contributed by atoms with Crippen molar-refractivity contribution in [2.75, 3.05) is 31.2 Å². The van der Waals surface area contributed by atoms with Crippen LogP contribution in [0.1, 0.15) is 31.4 Å². The van der Waals surface area contributed by atoms with E-state index in [1.165, 1.54) is 0 Å². The van der Waals surface area contributed by atoms with Crippen LogP contribution in [0.2, 0.25) is 0 Å². The first kappa shape index (κ1) is 19.7. The quantitative estimate of drug-likeness (QED) is 0.754. The van der Waals surface area contributed by atoms with Gasteiger partial charge in [-0.05, 0) is 17.5 Å². The molecule has 6 nitrogen and oxygen atoms in total. The zero-order valence-corrected chi connectivity index (χ0v) is 15.7. The molecular formula is C18H27NO5S. The molecule has 25 heavy (non-hydrogen) atoms. The predicted octanol–water partition coefficient (Wildman–Crippen LogP) is 1.97. The molecule has 7 heteroatoms. The molecule has 0 aliphatic carbocycles. The van der Waals surface area contributed by atoms with Crippen LogP contribution in [0.3, 0.4) is 0 Å². The molecule has 1 saturated heterocycles. The van der Waals surface area contributed by atoms with Gasteiger partial charge in [-0.15, -0.1) is 0 Å². The molecule has 1 aromatic rings. The summed E-state index contributed by atoms with van der Waals surface area (Å²) in [4.78, 5) is 13.1. The lowest BCUT2D eigenvalue weighted by Crippen LogP contribution is -2.39. The maximum atomic E-state index is 11.6. The molecule has 0 saturated carbocycles. The summed E-state index contributed by atoms with van der Waals surface area (Å²) in [5.74, 6) is 0.660. The van der Waals surface area contributed by atoms with Crippen LogP contribution < -0.4 is 4.74 Å². The first-order valence-corrected chi connectivity index (χ1v) is 10.5. The smallest absolute Gasteiger partial charge is 0.307 e. The van der Waals surface area contributed by atoms with Crippen LogP contribution >= 0.6 is 0 Å². The Morgan fingerprint density at radius 1 is 1.32 bits per heavy atom. The number of benzene rings is 1. The number of carboxylic acid groups (broad SMARTS) is 1. The summed E-state index contributed by atoms with van der Waals surface area (Å²) in [6.07, 6.45) is 0.990. The Kier molecular flexibility index (Phi) is 6.84. The van der Waals surface area contributed by atoms with Crippen molar-refractivity contribution in [2.24, 2.45) is 5.92 Å². The van der Waals surface area contributed by atoms with Crippen LogP contribution in [0.5, 0.6) is 5.75 Å². The van der Waals surface area contributed by atoms with Crippen LogP contribution in [0.4, 0.5) is 0 Å². The zero-order valence-electron chi connectivity index (χ0n) is 14.9. The topological polar surface area (TPSA) is 83.9 Å². The summed E-state index contributed by atoms with van der Waals surface area (Å²) in [5.41, 5.74) is 1.64. The van der Waals surface area contributed by atoms with Gasteiger partial charge in [0, 0.05) is 25.2 Å². The van der Waals surface area contributed by atoms with Gasteiger partial charge in [-0.3, -0.25) is 9.69 Å². The van der Waals surface area contributed by atoms with Crippen molar-refractivity contribution in [3.63, 3.8) is 0 Å². The Morgan fingerprint density at radius 3 is 2.60 bits per heavy atom. The lowest BCUT2D eigenvalue weighted by molar-refractivity contribution is -0.136. The SMILES string of the molecule is CC[C@H](C)COc1ccc(CC(=O)O)cc1CN1CCS(=O)(=O)CC1. The van der Waals surface area contributed by atoms with Crippen molar-refractivity contribution < 1.29 is 23.1 Å². The first-order chi connectivity index (χ1) is 11.8. The molecule has 0 unspecified atom stereocenters. The number of hydrogen-bond donors (Lipinski definition) is 1. The zero-order chi connectivity index (χ0) is 18.4. The molecule has 1 aliphatic rings. The Hall–Kier alpha value is -1.60. The molecule has 0 radical (unpaired) electrons. The summed E-state index contributed by atoms with van der Waals surface area (Å²) < 4.78 is 29.1. The van der Waals surface area contributed by atoms with Crippen molar-refractivity contribution in [1.82, 2.24) is 4.90 Å². The van der Waals surface area contributed by atoms with E-state index in [0.717, 1.165) is 23.3 Å². The van der Waals surface area contributed by atoms with E-state index in [2.05, 4.69) is 18.7 Å². The summed E-state index contributed by atoms with van der Waals surface area (Å²) in [6.45, 7) is 6.40. The van der Waals surface area contributed by atoms with Gasteiger partial charge in [-0.25, -0.2) is 8.42 Å². The van der Waals surface area contributed by atoms with Gasteiger partial charge in [0.1, 0.15) is 5.75 Å². The van der Waals surface area contributed by atoms with Crippen LogP contribution in [0, 0.1) is 5.92 Å². The fourth-order valence-corrected chi connectivity index (χ4v) is 3.96. The second-order valence-electron chi connectivity index (χ2n) is 6.76. The van der Waals surface area contributed by atoms with E-state index in [4.69, 9.17) is 9.84 Å². The van der Waals surface area contributed by atoms with Crippen molar-refractivity contribution >= 4 is 15.8 Å². The number of ether oxygens (including phenoxy) is 1. The molecule has 1 atom stereocenters. The molecule has 1 fully saturated rings. The van der Waals surface area contributed by atoms with Crippen LogP contribution in [0.15, 0.2) is 18.2 Å². The van der Waals surface area contributed by atoms with Gasteiger partial charge in [-0.2, -0.15) is 0 Å². The van der Waals surface area contributed by atoms with Crippen molar-refractivity contribution in [2.45, 2.75) is 33.2 Å². The maximum absolute atomic E-state index is 11.6. The van der Waals surface area contributed by atoms with Gasteiger partial charge < -0.3 is 9.84 Å². The maximum Gasteiger partial charge on any atom is 0.307 e. The minimum absolute atomic E-state index is 0.0347. The minimum atomic E-state index is -2.92. The van der Waals surface area contributed by atoms with Gasteiger partial charge >= 0.3 is 5.97 Å². The van der Waals surface area contributed by atoms with Gasteiger partial charge in [-0.1, -0.05) is 32.4 Å². The van der Waals surface area contributed by atoms with Gasteiger partial charge in [0.25, 0.3) is 0 Å². The summed E-state index contributed by atoms with van der Waals surface area (Å²) in [7, 11) is -2.92. The number of nitrogens with zero attached hydrogens (tertiary/aromatic N) is 1. The number of hydrogen-bond acceptors (Lipinski definition) is 5. The molecular weight excluding hydrogens is 342 g/mol. The van der Waals surface area contributed by atoms with Crippen LogP contribution in [-0.4, -0.2) is 55.6 Å². The average molecular weight is 369 g/mol. The monoisotopic (exact) mass is 369 g/mol. The van der Waals surface area contributed by atoms with E-state index >= 15 is 0 Å². The van der Waals surface area contributed by atoms with Crippen molar-refractivity contribution in [3.05, 3.63) is 29.3 Å². The highest BCUT2D eigenvalue weighted by Crippen LogP contribution is 2.24. The average Bonchev–Trinajstić information content (AvgIpc) is 2.55. The Morgan fingerprint density at radius 2 is 2.00 bits per heavy atom. The highest BCUT2D eigenvalue weighted by Gasteiger charge is 2.22. The summed E-state index contributed by atoms with van der Waals surface area (Å²) >= 11 is 0. The number of aliphatic carboxylic acids is 1. The van der Waals surface area contributed by atoms with Crippen molar-refractivity contribution in [3.8, 4) is 5.75 Å². The fraction of sp³-hybridized carbons (Fsp3) is 0.611. The molecule has 1 aromatic carbocycles. The third-order valence-electron chi connectivity index (χ3n) is 4.53. The van der Waals surface area contributed by atoms with Gasteiger partial charge in [0.15, 0.2) is 9.84 Å². The summed E-state index contributed by atoms with van der Waals surface area (Å²) in [6, 6.07) is 5.48. The van der Waals surface area contributed by atoms with E-state index in [9.17, 15) is 13.2 Å². The molecule has 2 rings (SSSR count). The highest BCUT2D eigenvalue weighted by atomic mass is 32.2. The van der Waals surface area contributed by atoms with Crippen LogP contribution in [0.25, 0.3) is 0 Å². The second kappa shape index (κ2) is 8.67. The number of rotatable bonds is 8. The molecule has 0 spiro atoms. The lowest BCUT2D eigenvalue weighted by atomic mass is 10.1. The third kappa shape index (κ3) is 6.32. The van der Waals surface area contributed by atoms with E-state index in [1.807, 2.05) is 12.1 Å². The van der Waals surface area contributed by atoms with Crippen molar-refractivity contribution in [1.29, 1.82) is 0 Å². The molecule has 0 amide bonds. The van der Waals surface area contributed by atoms with E-state index in [0.29, 0.717) is 32.2 Å². The highest BCUT2D eigenvalue weighted by molar-refractivity contribution is 7.91. The Labute approximate surface area is 149 Å². The van der Waals surface area contributed by atoms with Gasteiger partial charge in [0.2, 0.25) is 0 Å². The third-order valence-corrected chi connectivity index (χ3v) is 6.14. The van der Waals surface area contributed by atoms with E-state index < -0.39 is 15.8 Å². The summed E-state index contributed by atoms with van der Waals surface area (Å²) in [5, 5.41) is 9.01. The molecule has 0 bridgehead atoms. The number of carboxylic acids is 1. The fourth-order valence-electron chi connectivity index (χ4n) is 2.68. The Bertz CT molecular complexity index is 687. The second-order valence-corrected chi connectivity index (χ2v) is 9.07. The molecule has 1 heterocycles. The largest absolute Gasteiger partial charge is 0.493 e. The molecule has 1 N–H and O–H groups in total. The number of carbonyl (C=O) groups is 1. The number of sulfone groups is 1. The standard InChI is InChI=1S/C18H27NO5S/c1-3-14(2)13-24-17-5-4-15(11-18(20)21)10-16(17)12-19-6-8-25(22,23)9-7-19/h4-5,10,14H,3,6-9,11-13H2,1-2H3,(H,20,21)/t14-/m0/s1. The van der Waals surface area contributed by atoms with E-state index in [1.54, 1.807) is 6.07 Å². The van der Waals surface area contributed by atoms with E-state index in [-0.39, 0.29) is 17.9 Å². The molecule has 1 aliphatic heterocycles. The molecule has 140 valence electrons. The lowest BCUT2D eigenvalue weighted by Gasteiger charge is -2.27. The first-order valence-electron chi connectivity index (χ1n) is 8.68. The Balaban J connectivity index is 2.14.